The van der Waals surface area contributed by atoms with Gasteiger partial charge in [0.15, 0.2) is 0 Å². The number of pyridine rings is 2. The zero-order chi connectivity index (χ0) is 21.9. The topological polar surface area (TPSA) is 81.3 Å². The molecule has 0 atom stereocenters. The summed E-state index contributed by atoms with van der Waals surface area (Å²) < 4.78 is 1.50. The van der Waals surface area contributed by atoms with E-state index < -0.39 is 0 Å². The highest BCUT2D eigenvalue weighted by Gasteiger charge is 2.23. The number of ketones is 1. The molecule has 3 aromatic rings. The lowest BCUT2D eigenvalue weighted by molar-refractivity contribution is 0.102. The first-order valence-corrected chi connectivity index (χ1v) is 10.4. The van der Waals surface area contributed by atoms with Crippen LogP contribution in [0.1, 0.15) is 42.5 Å². The van der Waals surface area contributed by atoms with Crippen molar-refractivity contribution in [2.24, 2.45) is 0 Å². The molecule has 2 heterocycles. The summed E-state index contributed by atoms with van der Waals surface area (Å²) in [6.45, 7) is 6.49. The lowest BCUT2D eigenvalue weighted by atomic mass is 9.87. The molecule has 0 radical (unpaired) electrons. The average molecular weight is 443 g/mol. The van der Waals surface area contributed by atoms with Gasteiger partial charge in [0.05, 0.1) is 12.1 Å². The first kappa shape index (κ1) is 22.1. The van der Waals surface area contributed by atoms with Gasteiger partial charge in [0.2, 0.25) is 5.78 Å². The molecule has 0 unspecified atom stereocenters. The van der Waals surface area contributed by atoms with Gasteiger partial charge >= 0.3 is 0 Å². The normalized spacial score (nSPS) is 11.4. The maximum absolute atomic E-state index is 13.0. The van der Waals surface area contributed by atoms with Crippen LogP contribution in [-0.2, 0) is 10.3 Å². The highest BCUT2D eigenvalue weighted by atomic mass is 35.5. The van der Waals surface area contributed by atoms with E-state index in [0.717, 1.165) is 4.90 Å². The van der Waals surface area contributed by atoms with E-state index in [1.807, 2.05) is 12.1 Å². The lowest BCUT2D eigenvalue weighted by Crippen LogP contribution is -2.18. The number of rotatable bonds is 6. The molecule has 3 rings (SSSR count). The molecule has 0 bridgehead atoms. The summed E-state index contributed by atoms with van der Waals surface area (Å²) in [5.74, 6) is -0.118. The van der Waals surface area contributed by atoms with Crippen LogP contribution in [0.4, 0.5) is 11.5 Å². The van der Waals surface area contributed by atoms with Gasteiger partial charge in [-0.2, -0.15) is 4.47 Å². The zero-order valence-corrected chi connectivity index (χ0v) is 18.8. The summed E-state index contributed by atoms with van der Waals surface area (Å²) in [6.07, 6.45) is 1.42. The van der Waals surface area contributed by atoms with E-state index >= 15 is 0 Å². The number of benzene rings is 1. The number of halogens is 1. The first-order chi connectivity index (χ1) is 14.2. The van der Waals surface area contributed by atoms with E-state index in [0.29, 0.717) is 10.7 Å². The summed E-state index contributed by atoms with van der Waals surface area (Å²) in [7, 11) is 1.52. The molecular weight excluding hydrogens is 420 g/mol. The van der Waals surface area contributed by atoms with Crippen LogP contribution in [0.15, 0.2) is 59.6 Å². The second-order valence-corrected chi connectivity index (χ2v) is 9.03. The number of nitrogen functional groups attached to an aromatic ring is 1. The van der Waals surface area contributed by atoms with E-state index in [-0.39, 0.29) is 28.4 Å². The van der Waals surface area contributed by atoms with Crippen molar-refractivity contribution in [3.63, 3.8) is 0 Å². The van der Waals surface area contributed by atoms with Crippen LogP contribution in [0.25, 0.3) is 0 Å². The van der Waals surface area contributed by atoms with Crippen molar-refractivity contribution in [2.75, 3.05) is 17.3 Å². The monoisotopic (exact) mass is 442 g/mol. The van der Waals surface area contributed by atoms with Gasteiger partial charge in [-0.05, 0) is 41.3 Å². The van der Waals surface area contributed by atoms with E-state index in [2.05, 4.69) is 42.9 Å². The van der Waals surface area contributed by atoms with E-state index in [9.17, 15) is 4.79 Å². The standard InChI is InChI=1S/C22H23ClN4O2S/c1-22(2,3)14-8-10-16(11-9-14)30-27(29-4)18-12-15(23)13-25-20(18)21(28)17-6-5-7-19(24)26-17/h5-13H,1-4H3,(H2,24,26). The molecule has 156 valence electrons. The molecule has 6 nitrogen and oxygen atoms in total. The van der Waals surface area contributed by atoms with Gasteiger partial charge in [-0.25, -0.2) is 9.97 Å². The lowest BCUT2D eigenvalue weighted by Gasteiger charge is -2.23. The fourth-order valence-corrected chi connectivity index (χ4v) is 3.65. The molecule has 8 heteroatoms. The minimum atomic E-state index is -0.375. The third-order valence-corrected chi connectivity index (χ3v) is 5.53. The van der Waals surface area contributed by atoms with Crippen molar-refractivity contribution >= 4 is 40.8 Å². The predicted octanol–water partition coefficient (Wildman–Crippen LogP) is 5.32. The van der Waals surface area contributed by atoms with Gasteiger partial charge < -0.3 is 5.73 Å². The fourth-order valence-electron chi connectivity index (χ4n) is 2.74. The molecule has 1 aromatic carbocycles. The number of aromatic nitrogens is 2. The number of nitrogens with zero attached hydrogens (tertiary/aromatic N) is 3. The second-order valence-electron chi connectivity index (χ2n) is 7.60. The molecule has 30 heavy (non-hydrogen) atoms. The highest BCUT2D eigenvalue weighted by molar-refractivity contribution is 8.00. The van der Waals surface area contributed by atoms with Crippen LogP contribution in [0, 0.1) is 0 Å². The molecule has 0 fully saturated rings. The van der Waals surface area contributed by atoms with Crippen LogP contribution in [0.5, 0.6) is 0 Å². The molecule has 0 aliphatic rings. The Kier molecular flexibility index (Phi) is 6.65. The zero-order valence-electron chi connectivity index (χ0n) is 17.2. The maximum Gasteiger partial charge on any atom is 0.231 e. The minimum Gasteiger partial charge on any atom is -0.384 e. The van der Waals surface area contributed by atoms with Gasteiger partial charge in [-0.15, -0.1) is 0 Å². The van der Waals surface area contributed by atoms with Crippen molar-refractivity contribution in [1.82, 2.24) is 9.97 Å². The number of hydrogen-bond donors (Lipinski definition) is 1. The first-order valence-electron chi connectivity index (χ1n) is 9.24. The van der Waals surface area contributed by atoms with Gasteiger partial charge in [-0.3, -0.25) is 9.63 Å². The molecule has 0 aliphatic carbocycles. The molecule has 0 saturated carbocycles. The third-order valence-electron chi connectivity index (χ3n) is 4.32. The number of nitrogens with two attached hydrogens (primary N) is 1. The number of carbonyl (C=O) groups excluding carboxylic acids is 1. The quantitative estimate of drug-likeness (QED) is 0.314. The van der Waals surface area contributed by atoms with Crippen molar-refractivity contribution in [3.05, 3.63) is 76.7 Å². The highest BCUT2D eigenvalue weighted by Crippen LogP contribution is 2.34. The summed E-state index contributed by atoms with van der Waals surface area (Å²) in [5.41, 5.74) is 7.79. The second kappa shape index (κ2) is 9.04. The van der Waals surface area contributed by atoms with E-state index in [1.54, 1.807) is 24.3 Å². The molecule has 2 aromatic heterocycles. The fraction of sp³-hybridized carbons (Fsp3) is 0.227. The van der Waals surface area contributed by atoms with Gasteiger partial charge in [-0.1, -0.05) is 50.6 Å². The molecule has 0 aliphatic heterocycles. The smallest absolute Gasteiger partial charge is 0.231 e. The molecule has 0 saturated heterocycles. The molecule has 2 N–H and O–H groups in total. The van der Waals surface area contributed by atoms with Crippen LogP contribution >= 0.6 is 23.5 Å². The van der Waals surface area contributed by atoms with Crippen LogP contribution in [0.2, 0.25) is 5.02 Å². The van der Waals surface area contributed by atoms with Gasteiger partial charge in [0, 0.05) is 23.0 Å². The van der Waals surface area contributed by atoms with Crippen molar-refractivity contribution in [2.45, 2.75) is 31.1 Å². The summed E-state index contributed by atoms with van der Waals surface area (Å²) in [4.78, 5) is 27.9. The van der Waals surface area contributed by atoms with Crippen LogP contribution < -0.4 is 10.2 Å². The molecular formula is C22H23ClN4O2S. The number of carbonyl (C=O) groups is 1. The number of hydrogen-bond acceptors (Lipinski definition) is 7. The Bertz CT molecular complexity index is 1050. The Morgan fingerprint density at radius 1 is 1.17 bits per heavy atom. The average Bonchev–Trinajstić information content (AvgIpc) is 2.71. The van der Waals surface area contributed by atoms with Crippen molar-refractivity contribution in [3.8, 4) is 0 Å². The SMILES string of the molecule is CON(Sc1ccc(C(C)(C)C)cc1)c1cc(Cl)cnc1C(=O)c1cccc(N)n1. The molecule has 0 spiro atoms. The minimum absolute atomic E-state index is 0.0606. The maximum atomic E-state index is 13.0. The Balaban J connectivity index is 1.94. The largest absolute Gasteiger partial charge is 0.384 e. The Morgan fingerprint density at radius 2 is 1.87 bits per heavy atom. The van der Waals surface area contributed by atoms with Gasteiger partial charge in [0.25, 0.3) is 0 Å². The molecule has 0 amide bonds. The third kappa shape index (κ3) is 5.11. The summed E-state index contributed by atoms with van der Waals surface area (Å²) in [6, 6.07) is 14.7. The van der Waals surface area contributed by atoms with Crippen molar-refractivity contribution in [1.29, 1.82) is 0 Å². The Morgan fingerprint density at radius 3 is 2.47 bits per heavy atom. The predicted molar refractivity (Wildman–Crippen MR) is 122 cm³/mol. The Hall–Kier alpha value is -2.61. The van der Waals surface area contributed by atoms with Gasteiger partial charge in [0.1, 0.15) is 22.9 Å². The number of anilines is 2. The van der Waals surface area contributed by atoms with Crippen molar-refractivity contribution < 1.29 is 9.63 Å². The van der Waals surface area contributed by atoms with E-state index in [1.165, 1.54) is 35.3 Å². The van der Waals surface area contributed by atoms with E-state index in [4.69, 9.17) is 22.2 Å². The van der Waals surface area contributed by atoms with Crippen LogP contribution in [0.3, 0.4) is 0 Å². The summed E-state index contributed by atoms with van der Waals surface area (Å²) in [5, 5.41) is 0.382. The van der Waals surface area contributed by atoms with Crippen LogP contribution in [-0.4, -0.2) is 22.9 Å². The Labute approximate surface area is 185 Å². The summed E-state index contributed by atoms with van der Waals surface area (Å²) >= 11 is 7.48.